The number of H-pyrrole nitrogens is 2. The van der Waals surface area contributed by atoms with Gasteiger partial charge in [0, 0.05) is 17.0 Å². The van der Waals surface area contributed by atoms with Crippen LogP contribution in [0.1, 0.15) is 0 Å². The predicted molar refractivity (Wildman–Crippen MR) is 58.1 cm³/mol. The maximum Gasteiger partial charge on any atom is 0.272 e. The number of nitrogens with one attached hydrogen (secondary N) is 2. The third-order valence-corrected chi connectivity index (χ3v) is 2.53. The van der Waals surface area contributed by atoms with Crippen molar-refractivity contribution in [2.75, 3.05) is 0 Å². The fourth-order valence-electron chi connectivity index (χ4n) is 1.87. The Balaban J connectivity index is 2.71. The van der Waals surface area contributed by atoms with E-state index in [9.17, 15) is 9.90 Å². The molecular formula is C11H8N2O2. The van der Waals surface area contributed by atoms with Crippen molar-refractivity contribution in [1.29, 1.82) is 0 Å². The molecule has 0 radical (unpaired) electrons. The van der Waals surface area contributed by atoms with Crippen LogP contribution in [-0.4, -0.2) is 15.1 Å². The van der Waals surface area contributed by atoms with Gasteiger partial charge < -0.3 is 15.1 Å². The van der Waals surface area contributed by atoms with E-state index < -0.39 is 0 Å². The van der Waals surface area contributed by atoms with Crippen molar-refractivity contribution in [3.8, 4) is 5.75 Å². The van der Waals surface area contributed by atoms with Crippen LogP contribution >= 0.6 is 0 Å². The van der Waals surface area contributed by atoms with Gasteiger partial charge in [-0.15, -0.1) is 0 Å². The van der Waals surface area contributed by atoms with Crippen LogP contribution in [0.4, 0.5) is 0 Å². The molecule has 0 saturated heterocycles. The van der Waals surface area contributed by atoms with Crippen molar-refractivity contribution in [2.24, 2.45) is 0 Å². The minimum Gasteiger partial charge on any atom is -0.507 e. The van der Waals surface area contributed by atoms with Crippen LogP contribution in [0.15, 0.2) is 35.3 Å². The number of aromatic nitrogens is 2. The van der Waals surface area contributed by atoms with Crippen molar-refractivity contribution >= 4 is 21.8 Å². The monoisotopic (exact) mass is 200 g/mol. The Kier molecular flexibility index (Phi) is 1.42. The lowest BCUT2D eigenvalue weighted by Gasteiger charge is -1.93. The van der Waals surface area contributed by atoms with Crippen LogP contribution in [-0.2, 0) is 0 Å². The molecule has 3 N–H and O–H groups in total. The summed E-state index contributed by atoms with van der Waals surface area (Å²) in [7, 11) is 0. The minimum atomic E-state index is -0.178. The number of fused-ring (bicyclic) bond motifs is 3. The molecule has 0 unspecified atom stereocenters. The second-order valence-corrected chi connectivity index (χ2v) is 3.42. The molecule has 2 heterocycles. The number of aromatic amines is 2. The lowest BCUT2D eigenvalue weighted by atomic mass is 10.2. The van der Waals surface area contributed by atoms with E-state index in [1.54, 1.807) is 24.4 Å². The third kappa shape index (κ3) is 0.985. The molecule has 74 valence electrons. The van der Waals surface area contributed by atoms with E-state index in [0.717, 1.165) is 10.9 Å². The van der Waals surface area contributed by atoms with Crippen LogP contribution in [0.2, 0.25) is 0 Å². The Labute approximate surface area is 84.2 Å². The van der Waals surface area contributed by atoms with Gasteiger partial charge in [0.15, 0.2) is 0 Å². The zero-order chi connectivity index (χ0) is 10.4. The van der Waals surface area contributed by atoms with Crippen molar-refractivity contribution in [2.45, 2.75) is 0 Å². The Hall–Kier alpha value is -2.23. The highest BCUT2D eigenvalue weighted by molar-refractivity contribution is 6.09. The third-order valence-electron chi connectivity index (χ3n) is 2.53. The van der Waals surface area contributed by atoms with Gasteiger partial charge in [-0.2, -0.15) is 0 Å². The quantitative estimate of drug-likeness (QED) is 0.517. The Morgan fingerprint density at radius 3 is 2.93 bits per heavy atom. The summed E-state index contributed by atoms with van der Waals surface area (Å²) in [6.45, 7) is 0. The van der Waals surface area contributed by atoms with Crippen LogP contribution in [0, 0.1) is 0 Å². The Bertz CT molecular complexity index is 709. The molecule has 3 rings (SSSR count). The molecule has 0 aliphatic carbocycles. The molecule has 0 fully saturated rings. The summed E-state index contributed by atoms with van der Waals surface area (Å²) in [5, 5.41) is 11.2. The van der Waals surface area contributed by atoms with Crippen LogP contribution in [0.5, 0.6) is 5.75 Å². The number of phenols is 1. The maximum absolute atomic E-state index is 11.5. The first-order chi connectivity index (χ1) is 7.27. The van der Waals surface area contributed by atoms with Gasteiger partial charge in [-0.05, 0) is 18.2 Å². The molecule has 3 aromatic rings. The van der Waals surface area contributed by atoms with Gasteiger partial charge in [-0.25, -0.2) is 0 Å². The average Bonchev–Trinajstić information content (AvgIpc) is 2.59. The van der Waals surface area contributed by atoms with E-state index in [1.165, 1.54) is 0 Å². The van der Waals surface area contributed by atoms with Crippen molar-refractivity contribution < 1.29 is 5.11 Å². The maximum atomic E-state index is 11.5. The van der Waals surface area contributed by atoms with Crippen LogP contribution < -0.4 is 5.56 Å². The van der Waals surface area contributed by atoms with E-state index in [0.29, 0.717) is 10.9 Å². The molecule has 2 aromatic heterocycles. The number of benzene rings is 1. The van der Waals surface area contributed by atoms with E-state index in [1.807, 2.05) is 6.07 Å². The lowest BCUT2D eigenvalue weighted by molar-refractivity contribution is 0.482. The molecule has 0 aliphatic rings. The fraction of sp³-hybridized carbons (Fsp3) is 0. The van der Waals surface area contributed by atoms with Gasteiger partial charge in [-0.1, -0.05) is 6.07 Å². The SMILES string of the molecule is O=c1[nH]ccc2c1[nH]c1cccc(O)c12. The van der Waals surface area contributed by atoms with Crippen LogP contribution in [0.25, 0.3) is 21.8 Å². The lowest BCUT2D eigenvalue weighted by Crippen LogP contribution is -2.03. The molecule has 0 saturated carbocycles. The zero-order valence-corrected chi connectivity index (χ0v) is 7.74. The van der Waals surface area contributed by atoms with Gasteiger partial charge in [0.1, 0.15) is 11.3 Å². The molecule has 4 nitrogen and oxygen atoms in total. The molecule has 4 heteroatoms. The van der Waals surface area contributed by atoms with Crippen molar-refractivity contribution in [3.63, 3.8) is 0 Å². The first-order valence-electron chi connectivity index (χ1n) is 4.58. The van der Waals surface area contributed by atoms with E-state index in [4.69, 9.17) is 0 Å². The van der Waals surface area contributed by atoms with Gasteiger partial charge in [0.2, 0.25) is 0 Å². The highest BCUT2D eigenvalue weighted by atomic mass is 16.3. The number of phenolic OH excluding ortho intramolecular Hbond substituents is 1. The van der Waals surface area contributed by atoms with E-state index in [-0.39, 0.29) is 11.3 Å². The van der Waals surface area contributed by atoms with Gasteiger partial charge in [-0.3, -0.25) is 4.79 Å². The highest BCUT2D eigenvalue weighted by Gasteiger charge is 2.09. The molecule has 15 heavy (non-hydrogen) atoms. The number of aromatic hydroxyl groups is 1. The van der Waals surface area contributed by atoms with Crippen molar-refractivity contribution in [1.82, 2.24) is 9.97 Å². The molecule has 0 atom stereocenters. The largest absolute Gasteiger partial charge is 0.507 e. The molecule has 0 aliphatic heterocycles. The second kappa shape index (κ2) is 2.63. The molecule has 0 bridgehead atoms. The van der Waals surface area contributed by atoms with Gasteiger partial charge >= 0.3 is 0 Å². The van der Waals surface area contributed by atoms with E-state index >= 15 is 0 Å². The average molecular weight is 200 g/mol. The number of hydrogen-bond acceptors (Lipinski definition) is 2. The normalized spacial score (nSPS) is 11.2. The summed E-state index contributed by atoms with van der Waals surface area (Å²) in [4.78, 5) is 17.1. The predicted octanol–water partition coefficient (Wildman–Crippen LogP) is 1.71. The summed E-state index contributed by atoms with van der Waals surface area (Å²) < 4.78 is 0. The smallest absolute Gasteiger partial charge is 0.272 e. The summed E-state index contributed by atoms with van der Waals surface area (Å²) >= 11 is 0. The fourth-order valence-corrected chi connectivity index (χ4v) is 1.87. The Morgan fingerprint density at radius 1 is 1.20 bits per heavy atom. The van der Waals surface area contributed by atoms with E-state index in [2.05, 4.69) is 9.97 Å². The number of rotatable bonds is 0. The number of pyridine rings is 1. The summed E-state index contributed by atoms with van der Waals surface area (Å²) in [5.41, 5.74) is 1.08. The summed E-state index contributed by atoms with van der Waals surface area (Å²) in [6.07, 6.45) is 1.57. The second-order valence-electron chi connectivity index (χ2n) is 3.42. The molecule has 0 spiro atoms. The molecule has 1 aromatic carbocycles. The summed E-state index contributed by atoms with van der Waals surface area (Å²) in [5.74, 6) is 0.185. The minimum absolute atomic E-state index is 0.178. The topological polar surface area (TPSA) is 68.9 Å². The standard InChI is InChI=1S/C11H8N2O2/c14-8-3-1-2-7-9(8)6-4-5-12-11(15)10(6)13-7/h1-5,13-14H,(H,12,15). The van der Waals surface area contributed by atoms with Gasteiger partial charge in [0.25, 0.3) is 5.56 Å². The van der Waals surface area contributed by atoms with Crippen LogP contribution in [0.3, 0.4) is 0 Å². The molecule has 0 amide bonds. The molecular weight excluding hydrogens is 192 g/mol. The number of hydrogen-bond donors (Lipinski definition) is 3. The zero-order valence-electron chi connectivity index (χ0n) is 7.74. The highest BCUT2D eigenvalue weighted by Crippen LogP contribution is 2.30. The summed E-state index contributed by atoms with van der Waals surface area (Å²) in [6, 6.07) is 6.95. The first kappa shape index (κ1) is 8.11. The Morgan fingerprint density at radius 2 is 2.07 bits per heavy atom. The first-order valence-corrected chi connectivity index (χ1v) is 4.58. The van der Waals surface area contributed by atoms with Gasteiger partial charge in [0.05, 0.1) is 5.52 Å². The van der Waals surface area contributed by atoms with Crippen molar-refractivity contribution in [3.05, 3.63) is 40.8 Å².